The van der Waals surface area contributed by atoms with Crippen LogP contribution in [0.25, 0.3) is 82.6 Å². The second-order valence-electron chi connectivity index (χ2n) is 13.1. The van der Waals surface area contributed by atoms with Crippen molar-refractivity contribution in [2.75, 3.05) is 0 Å². The number of fused-ring (bicyclic) bond motifs is 9. The molecule has 0 N–H and O–H groups in total. The van der Waals surface area contributed by atoms with Crippen LogP contribution < -0.4 is 0 Å². The van der Waals surface area contributed by atoms with Gasteiger partial charge in [-0.25, -0.2) is 9.97 Å². The van der Waals surface area contributed by atoms with Crippen molar-refractivity contribution in [2.24, 2.45) is 0 Å². The summed E-state index contributed by atoms with van der Waals surface area (Å²) < 4.78 is 2.25. The highest BCUT2D eigenvalue weighted by atomic mass is 15.2. The Balaban J connectivity index is 1.31. The van der Waals surface area contributed by atoms with E-state index in [1.54, 1.807) is 0 Å². The molecule has 1 aliphatic carbocycles. The molecular weight excluding hydrogens is 558 g/mol. The van der Waals surface area contributed by atoms with Crippen LogP contribution in [0.3, 0.4) is 0 Å². The third-order valence-corrected chi connectivity index (χ3v) is 10.2. The first-order valence-corrected chi connectivity index (χ1v) is 15.9. The zero-order valence-corrected chi connectivity index (χ0v) is 25.6. The molecule has 46 heavy (non-hydrogen) atoms. The smallest absolute Gasteiger partial charge is 0.235 e. The summed E-state index contributed by atoms with van der Waals surface area (Å²) in [6.45, 7) is 4.70. The van der Waals surface area contributed by atoms with Crippen LogP contribution in [0, 0.1) is 0 Å². The van der Waals surface area contributed by atoms with Gasteiger partial charge >= 0.3 is 0 Å². The maximum atomic E-state index is 5.51. The molecule has 9 aromatic rings. The fourth-order valence-electron chi connectivity index (χ4n) is 7.91. The highest BCUT2D eigenvalue weighted by molar-refractivity contribution is 6.13. The normalized spacial score (nSPS) is 13.6. The average Bonchev–Trinajstić information content (AvgIpc) is 3.53. The van der Waals surface area contributed by atoms with Crippen molar-refractivity contribution in [3.8, 4) is 28.3 Å². The molecule has 0 saturated carbocycles. The maximum absolute atomic E-state index is 5.51. The van der Waals surface area contributed by atoms with E-state index in [1.807, 2.05) is 0 Å². The van der Waals surface area contributed by atoms with Gasteiger partial charge in [-0.2, -0.15) is 0 Å². The number of hydrogen-bond donors (Lipinski definition) is 0. The van der Waals surface area contributed by atoms with E-state index < -0.39 is 0 Å². The minimum absolute atomic E-state index is 0.135. The number of rotatable bonds is 2. The summed E-state index contributed by atoms with van der Waals surface area (Å²) in [6.07, 6.45) is 0. The van der Waals surface area contributed by atoms with Gasteiger partial charge in [0.25, 0.3) is 0 Å². The molecule has 0 radical (unpaired) electrons. The van der Waals surface area contributed by atoms with E-state index in [1.165, 1.54) is 54.6 Å². The van der Waals surface area contributed by atoms with Crippen LogP contribution in [-0.2, 0) is 5.41 Å². The number of hydrogen-bond acceptors (Lipinski definition) is 2. The van der Waals surface area contributed by atoms with E-state index in [4.69, 9.17) is 9.97 Å². The van der Waals surface area contributed by atoms with Crippen LogP contribution in [0.4, 0.5) is 0 Å². The van der Waals surface area contributed by atoms with Crippen molar-refractivity contribution in [3.05, 3.63) is 151 Å². The van der Waals surface area contributed by atoms with Gasteiger partial charge < -0.3 is 0 Å². The molecule has 2 aromatic heterocycles. The first kappa shape index (κ1) is 25.5. The number of nitrogens with zero attached hydrogens (tertiary/aromatic N) is 3. The molecule has 0 aliphatic heterocycles. The zero-order valence-electron chi connectivity index (χ0n) is 25.6. The topological polar surface area (TPSA) is 30.7 Å². The highest BCUT2D eigenvalue weighted by Gasteiger charge is 2.37. The van der Waals surface area contributed by atoms with E-state index in [0.717, 1.165) is 33.2 Å². The van der Waals surface area contributed by atoms with Gasteiger partial charge in [0, 0.05) is 27.1 Å². The molecule has 0 amide bonds. The van der Waals surface area contributed by atoms with E-state index in [2.05, 4.69) is 158 Å². The van der Waals surface area contributed by atoms with Crippen molar-refractivity contribution in [1.29, 1.82) is 0 Å². The van der Waals surface area contributed by atoms with E-state index in [9.17, 15) is 0 Å². The summed E-state index contributed by atoms with van der Waals surface area (Å²) >= 11 is 0. The Bertz CT molecular complexity index is 2730. The van der Waals surface area contributed by atoms with Crippen LogP contribution >= 0.6 is 0 Å². The fraction of sp³-hybridized carbons (Fsp3) is 0.0698. The molecule has 10 rings (SSSR count). The Kier molecular flexibility index (Phi) is 5.06. The Morgan fingerprint density at radius 3 is 1.93 bits per heavy atom. The maximum Gasteiger partial charge on any atom is 0.235 e. The summed E-state index contributed by atoms with van der Waals surface area (Å²) in [4.78, 5) is 10.7. The van der Waals surface area contributed by atoms with Gasteiger partial charge in [0.05, 0.1) is 22.2 Å². The van der Waals surface area contributed by atoms with Crippen LogP contribution in [0.15, 0.2) is 140 Å². The molecule has 216 valence electrons. The molecule has 2 heterocycles. The molecule has 3 heteroatoms. The number of para-hydroxylation sites is 2. The second kappa shape index (κ2) is 9.12. The van der Waals surface area contributed by atoms with Gasteiger partial charge in [-0.1, -0.05) is 117 Å². The third kappa shape index (κ3) is 3.43. The Morgan fingerprint density at radius 2 is 1.13 bits per heavy atom. The van der Waals surface area contributed by atoms with E-state index >= 15 is 0 Å². The molecule has 0 fully saturated rings. The average molecular weight is 588 g/mol. The van der Waals surface area contributed by atoms with Crippen LogP contribution in [0.1, 0.15) is 25.0 Å². The minimum Gasteiger partial charge on any atom is -0.278 e. The Hall–Kier alpha value is -5.80. The molecule has 0 unspecified atom stereocenters. The van der Waals surface area contributed by atoms with E-state index in [-0.39, 0.29) is 5.41 Å². The first-order valence-electron chi connectivity index (χ1n) is 15.9. The van der Waals surface area contributed by atoms with Crippen molar-refractivity contribution >= 4 is 54.3 Å². The lowest BCUT2D eigenvalue weighted by molar-refractivity contribution is 0.661. The van der Waals surface area contributed by atoms with Crippen molar-refractivity contribution in [2.45, 2.75) is 19.3 Å². The molecule has 0 spiro atoms. The standard InChI is InChI=1S/C43H29N3/c1-43(2)35-19-11-18-32(40(35)34-23-27-13-3-5-14-28(27)24-36(34)43)41-31-17-7-9-20-37(31)44-42(45-41)46-38-21-10-8-16-30(38)33-22-26-12-4-6-15-29(26)25-39(33)46/h3-25H,1-2H3. The van der Waals surface area contributed by atoms with Crippen molar-refractivity contribution in [1.82, 2.24) is 14.5 Å². The minimum atomic E-state index is -0.135. The van der Waals surface area contributed by atoms with Gasteiger partial charge in [-0.15, -0.1) is 0 Å². The second-order valence-corrected chi connectivity index (χ2v) is 13.1. The highest BCUT2D eigenvalue weighted by Crippen LogP contribution is 2.53. The van der Waals surface area contributed by atoms with Crippen molar-refractivity contribution in [3.63, 3.8) is 0 Å². The molecule has 0 atom stereocenters. The summed E-state index contributed by atoms with van der Waals surface area (Å²) in [5, 5.41) is 8.42. The summed E-state index contributed by atoms with van der Waals surface area (Å²) in [5.74, 6) is 0.684. The monoisotopic (exact) mass is 587 g/mol. The van der Waals surface area contributed by atoms with Gasteiger partial charge in [-0.05, 0) is 80.2 Å². The SMILES string of the molecule is CC1(C)c2cc3ccccc3cc2-c2c(-c3nc(-n4c5ccccc5c5cc6ccccc6cc54)nc4ccccc34)cccc21. The zero-order chi connectivity index (χ0) is 30.6. The van der Waals surface area contributed by atoms with Gasteiger partial charge in [0.1, 0.15) is 0 Å². The van der Waals surface area contributed by atoms with Gasteiger partial charge in [0.2, 0.25) is 5.95 Å². The Labute approximate surface area is 266 Å². The third-order valence-electron chi connectivity index (χ3n) is 10.2. The lowest BCUT2D eigenvalue weighted by Crippen LogP contribution is -2.15. The summed E-state index contributed by atoms with van der Waals surface area (Å²) in [5.41, 5.74) is 10.4. The largest absolute Gasteiger partial charge is 0.278 e. The molecule has 7 aromatic carbocycles. The van der Waals surface area contributed by atoms with E-state index in [0.29, 0.717) is 5.95 Å². The van der Waals surface area contributed by atoms with Crippen molar-refractivity contribution < 1.29 is 0 Å². The van der Waals surface area contributed by atoms with Gasteiger partial charge in [0.15, 0.2) is 0 Å². The lowest BCUT2D eigenvalue weighted by Gasteiger charge is -2.22. The van der Waals surface area contributed by atoms with Crippen LogP contribution in [-0.4, -0.2) is 14.5 Å². The quantitative estimate of drug-likeness (QED) is 0.201. The summed E-state index contributed by atoms with van der Waals surface area (Å²) in [6, 6.07) is 50.4. The van der Waals surface area contributed by atoms with Crippen LogP contribution in [0.5, 0.6) is 0 Å². The predicted octanol–water partition coefficient (Wildman–Crippen LogP) is 11.0. The Morgan fingerprint density at radius 1 is 0.478 bits per heavy atom. The molecule has 0 saturated heterocycles. The van der Waals surface area contributed by atoms with Crippen LogP contribution in [0.2, 0.25) is 0 Å². The summed E-state index contributed by atoms with van der Waals surface area (Å²) in [7, 11) is 0. The molecule has 0 bridgehead atoms. The lowest BCUT2D eigenvalue weighted by atomic mass is 9.81. The molecular formula is C43H29N3. The fourth-order valence-corrected chi connectivity index (χ4v) is 7.91. The number of benzene rings is 7. The molecule has 3 nitrogen and oxygen atoms in total. The van der Waals surface area contributed by atoms with Gasteiger partial charge in [-0.3, -0.25) is 4.57 Å². The molecule has 1 aliphatic rings. The first-order chi connectivity index (χ1) is 22.6. The predicted molar refractivity (Wildman–Crippen MR) is 192 cm³/mol. The number of aromatic nitrogens is 3.